The number of aromatic nitrogens is 1. The van der Waals surface area contributed by atoms with E-state index in [1.165, 1.54) is 15.4 Å². The number of aryl methyl sites for hydroxylation is 1. The minimum atomic E-state index is 0.723. The summed E-state index contributed by atoms with van der Waals surface area (Å²) in [5, 5.41) is 7.79. The van der Waals surface area contributed by atoms with Gasteiger partial charge in [0.25, 0.3) is 0 Å². The molecule has 5 nitrogen and oxygen atoms in total. The minimum Gasteiger partial charge on any atom is -0.497 e. The highest BCUT2D eigenvalue weighted by molar-refractivity contribution is 7.11. The van der Waals surface area contributed by atoms with Crippen molar-refractivity contribution < 1.29 is 4.74 Å². The zero-order valence-electron chi connectivity index (χ0n) is 13.9. The molecule has 1 heterocycles. The first kappa shape index (κ1) is 17.3. The van der Waals surface area contributed by atoms with Gasteiger partial charge >= 0.3 is 0 Å². The van der Waals surface area contributed by atoms with Crippen LogP contribution in [0.1, 0.15) is 22.4 Å². The largest absolute Gasteiger partial charge is 0.497 e. The van der Waals surface area contributed by atoms with Crippen LogP contribution in [-0.2, 0) is 19.4 Å². The molecule has 0 aliphatic rings. The average molecular weight is 332 g/mol. The highest BCUT2D eigenvalue weighted by Gasteiger charge is 2.02. The van der Waals surface area contributed by atoms with Gasteiger partial charge < -0.3 is 15.4 Å². The molecule has 0 saturated carbocycles. The van der Waals surface area contributed by atoms with Gasteiger partial charge in [-0.1, -0.05) is 19.1 Å². The van der Waals surface area contributed by atoms with Gasteiger partial charge in [0, 0.05) is 37.6 Å². The summed E-state index contributed by atoms with van der Waals surface area (Å²) in [6.07, 6.45) is 3.93. The van der Waals surface area contributed by atoms with E-state index in [-0.39, 0.29) is 0 Å². The minimum absolute atomic E-state index is 0.723. The molecule has 0 spiro atoms. The van der Waals surface area contributed by atoms with Crippen LogP contribution >= 0.6 is 11.3 Å². The van der Waals surface area contributed by atoms with E-state index in [0.717, 1.165) is 37.6 Å². The lowest BCUT2D eigenvalue weighted by Gasteiger charge is -2.11. The molecule has 0 fully saturated rings. The first-order valence-electron chi connectivity index (χ1n) is 7.76. The molecule has 0 unspecified atom stereocenters. The van der Waals surface area contributed by atoms with Crippen molar-refractivity contribution in [1.29, 1.82) is 0 Å². The molecule has 23 heavy (non-hydrogen) atoms. The van der Waals surface area contributed by atoms with E-state index in [0.29, 0.717) is 0 Å². The lowest BCUT2D eigenvalue weighted by atomic mass is 10.2. The third-order valence-electron chi connectivity index (χ3n) is 3.42. The molecule has 0 saturated heterocycles. The fourth-order valence-electron chi connectivity index (χ4n) is 2.06. The number of thiazole rings is 1. The Morgan fingerprint density at radius 2 is 2.04 bits per heavy atom. The Morgan fingerprint density at radius 1 is 1.26 bits per heavy atom. The van der Waals surface area contributed by atoms with Crippen molar-refractivity contribution in [2.45, 2.75) is 26.3 Å². The van der Waals surface area contributed by atoms with Crippen molar-refractivity contribution in [2.24, 2.45) is 4.99 Å². The molecule has 1 aromatic heterocycles. The van der Waals surface area contributed by atoms with Gasteiger partial charge in [-0.15, -0.1) is 11.3 Å². The molecule has 6 heteroatoms. The van der Waals surface area contributed by atoms with E-state index >= 15 is 0 Å². The van der Waals surface area contributed by atoms with Crippen molar-refractivity contribution in [3.05, 3.63) is 45.9 Å². The molecule has 0 atom stereocenters. The van der Waals surface area contributed by atoms with Crippen molar-refractivity contribution in [2.75, 3.05) is 20.7 Å². The maximum atomic E-state index is 5.16. The monoisotopic (exact) mass is 332 g/mol. The molecule has 124 valence electrons. The second kappa shape index (κ2) is 9.15. The van der Waals surface area contributed by atoms with Crippen LogP contribution in [0.5, 0.6) is 5.75 Å². The number of nitrogens with zero attached hydrogens (tertiary/aromatic N) is 2. The first-order chi connectivity index (χ1) is 11.2. The van der Waals surface area contributed by atoms with Gasteiger partial charge in [-0.05, 0) is 24.1 Å². The van der Waals surface area contributed by atoms with Crippen LogP contribution in [0.25, 0.3) is 0 Å². The third-order valence-corrected chi connectivity index (χ3v) is 4.63. The molecule has 0 aliphatic heterocycles. The van der Waals surface area contributed by atoms with Crippen molar-refractivity contribution in [1.82, 2.24) is 15.6 Å². The number of benzene rings is 1. The SMILES string of the molecule is CCc1cnc(CCNC(=NC)NCc2ccc(OC)cc2)s1. The summed E-state index contributed by atoms with van der Waals surface area (Å²) in [6.45, 7) is 3.69. The standard InChI is InChI=1S/C17H24N4OS/c1-4-15-12-20-16(23-15)9-10-19-17(18-2)21-11-13-5-7-14(22-3)8-6-13/h5-8,12H,4,9-11H2,1-3H3,(H2,18,19,21). The topological polar surface area (TPSA) is 58.5 Å². The molecule has 0 radical (unpaired) electrons. The summed E-state index contributed by atoms with van der Waals surface area (Å²) in [5.41, 5.74) is 1.18. The van der Waals surface area contributed by atoms with E-state index in [9.17, 15) is 0 Å². The van der Waals surface area contributed by atoms with Crippen LogP contribution in [-0.4, -0.2) is 31.6 Å². The Balaban J connectivity index is 1.74. The van der Waals surface area contributed by atoms with E-state index in [1.807, 2.05) is 30.5 Å². The number of ether oxygens (including phenoxy) is 1. The molecular weight excluding hydrogens is 308 g/mol. The normalized spacial score (nSPS) is 11.3. The highest BCUT2D eigenvalue weighted by atomic mass is 32.1. The van der Waals surface area contributed by atoms with E-state index in [2.05, 4.69) is 27.5 Å². The first-order valence-corrected chi connectivity index (χ1v) is 8.57. The summed E-state index contributed by atoms with van der Waals surface area (Å²) in [7, 11) is 3.45. The number of nitrogens with one attached hydrogen (secondary N) is 2. The van der Waals surface area contributed by atoms with E-state index in [1.54, 1.807) is 25.5 Å². The molecule has 0 aliphatic carbocycles. The van der Waals surface area contributed by atoms with Gasteiger partial charge in [-0.25, -0.2) is 4.98 Å². The summed E-state index contributed by atoms with van der Waals surface area (Å²) in [5.74, 6) is 1.67. The number of methoxy groups -OCH3 is 1. The fourth-order valence-corrected chi connectivity index (χ4v) is 2.93. The van der Waals surface area contributed by atoms with Crippen LogP contribution in [0.15, 0.2) is 35.5 Å². The Kier molecular flexibility index (Phi) is 6.87. The van der Waals surface area contributed by atoms with Crippen LogP contribution in [0.4, 0.5) is 0 Å². The highest BCUT2D eigenvalue weighted by Crippen LogP contribution is 2.13. The summed E-state index contributed by atoms with van der Waals surface area (Å²) in [4.78, 5) is 10.0. The molecule has 0 bridgehead atoms. The van der Waals surface area contributed by atoms with Crippen LogP contribution in [0.2, 0.25) is 0 Å². The summed E-state index contributed by atoms with van der Waals surface area (Å²) < 4.78 is 5.16. The predicted molar refractivity (Wildman–Crippen MR) is 96.4 cm³/mol. The third kappa shape index (κ3) is 5.56. The quantitative estimate of drug-likeness (QED) is 0.604. The van der Waals surface area contributed by atoms with Crippen molar-refractivity contribution >= 4 is 17.3 Å². The van der Waals surface area contributed by atoms with Gasteiger partial charge in [0.1, 0.15) is 5.75 Å². The second-order valence-electron chi connectivity index (χ2n) is 5.02. The molecule has 2 N–H and O–H groups in total. The number of rotatable bonds is 7. The maximum Gasteiger partial charge on any atom is 0.191 e. The van der Waals surface area contributed by atoms with Gasteiger partial charge in [-0.2, -0.15) is 0 Å². The molecular formula is C17H24N4OS. The van der Waals surface area contributed by atoms with Gasteiger partial charge in [-0.3, -0.25) is 4.99 Å². The van der Waals surface area contributed by atoms with Crippen molar-refractivity contribution in [3.63, 3.8) is 0 Å². The molecule has 2 aromatic rings. The second-order valence-corrected chi connectivity index (χ2v) is 6.22. The Labute approximate surface area is 141 Å². The fraction of sp³-hybridized carbons (Fsp3) is 0.412. The smallest absolute Gasteiger partial charge is 0.191 e. The lowest BCUT2D eigenvalue weighted by molar-refractivity contribution is 0.414. The van der Waals surface area contributed by atoms with Crippen LogP contribution in [0, 0.1) is 0 Å². The average Bonchev–Trinajstić information content (AvgIpc) is 3.06. The Morgan fingerprint density at radius 3 is 2.65 bits per heavy atom. The molecule has 2 rings (SSSR count). The number of hydrogen-bond acceptors (Lipinski definition) is 4. The number of guanidine groups is 1. The maximum absolute atomic E-state index is 5.16. The zero-order chi connectivity index (χ0) is 16.5. The van der Waals surface area contributed by atoms with Crippen molar-refractivity contribution in [3.8, 4) is 5.75 Å². The van der Waals surface area contributed by atoms with E-state index < -0.39 is 0 Å². The molecule has 0 amide bonds. The zero-order valence-corrected chi connectivity index (χ0v) is 14.7. The van der Waals surface area contributed by atoms with E-state index in [4.69, 9.17) is 4.74 Å². The summed E-state index contributed by atoms with van der Waals surface area (Å²) in [6, 6.07) is 8.00. The predicted octanol–water partition coefficient (Wildman–Crippen LogP) is 2.62. The molecule has 1 aromatic carbocycles. The van der Waals surface area contributed by atoms with Gasteiger partial charge in [0.05, 0.1) is 12.1 Å². The Hall–Kier alpha value is -2.08. The lowest BCUT2D eigenvalue weighted by Crippen LogP contribution is -2.37. The number of aliphatic imine (C=N–C) groups is 1. The Bertz CT molecular complexity index is 622. The summed E-state index contributed by atoms with van der Waals surface area (Å²) >= 11 is 1.78. The van der Waals surface area contributed by atoms with Gasteiger partial charge in [0.15, 0.2) is 5.96 Å². The van der Waals surface area contributed by atoms with Gasteiger partial charge in [0.2, 0.25) is 0 Å². The van der Waals surface area contributed by atoms with Crippen LogP contribution in [0.3, 0.4) is 0 Å². The van der Waals surface area contributed by atoms with Crippen LogP contribution < -0.4 is 15.4 Å². The number of hydrogen-bond donors (Lipinski definition) is 2.